The first-order chi connectivity index (χ1) is 9.41. The zero-order valence-corrected chi connectivity index (χ0v) is 12.9. The van der Waals surface area contributed by atoms with E-state index >= 15 is 0 Å². The summed E-state index contributed by atoms with van der Waals surface area (Å²) in [4.78, 5) is 0. The summed E-state index contributed by atoms with van der Waals surface area (Å²) >= 11 is 13.9. The fraction of sp³-hybridized carbons (Fsp3) is 0.800. The number of nitrogens with one attached hydrogen (secondary N) is 1. The second-order valence-electron chi connectivity index (χ2n) is 4.64. The van der Waals surface area contributed by atoms with Gasteiger partial charge in [-0.3, -0.25) is 5.43 Å². The SMILES string of the molecule is NC(=S)N/N=C1/CCCCC1C(O)(C(F)(F)Cl)C(F)(F)Cl. The molecule has 0 spiro atoms. The molecule has 0 aromatic heterocycles. The average Bonchev–Trinajstić information content (AvgIpc) is 2.33. The molecule has 0 aliphatic heterocycles. The molecule has 21 heavy (non-hydrogen) atoms. The van der Waals surface area contributed by atoms with Gasteiger partial charge in [-0.2, -0.15) is 22.7 Å². The summed E-state index contributed by atoms with van der Waals surface area (Å²) in [5, 5.41) is 3.92. The van der Waals surface area contributed by atoms with E-state index in [4.69, 9.17) is 28.9 Å². The highest BCUT2D eigenvalue weighted by molar-refractivity contribution is 7.80. The number of aliphatic hydroxyl groups is 1. The van der Waals surface area contributed by atoms with Crippen LogP contribution in [0.4, 0.5) is 17.6 Å². The summed E-state index contributed by atoms with van der Waals surface area (Å²) < 4.78 is 53.8. The summed E-state index contributed by atoms with van der Waals surface area (Å²) in [5.41, 5.74) is 3.14. The quantitative estimate of drug-likeness (QED) is 0.308. The fourth-order valence-electron chi connectivity index (χ4n) is 2.26. The minimum absolute atomic E-state index is 0.0997. The van der Waals surface area contributed by atoms with E-state index in [0.717, 1.165) is 0 Å². The van der Waals surface area contributed by atoms with Crippen LogP contribution < -0.4 is 11.2 Å². The summed E-state index contributed by atoms with van der Waals surface area (Å²) in [7, 11) is 0. The standard InChI is InChI=1S/C10H13Cl2F4N3OS/c11-9(13,14)8(20,10(12,15)16)5-3-1-2-4-6(5)18-19-7(17)21/h5,20H,1-4H2,(H3,17,19,21)/b18-6-. The van der Waals surface area contributed by atoms with Gasteiger partial charge < -0.3 is 10.8 Å². The molecule has 1 unspecified atom stereocenters. The van der Waals surface area contributed by atoms with Gasteiger partial charge in [-0.15, -0.1) is 0 Å². The van der Waals surface area contributed by atoms with E-state index in [2.05, 4.69) is 22.7 Å². The number of thiocarbonyl (C=S) groups is 1. The van der Waals surface area contributed by atoms with Gasteiger partial charge in [0.25, 0.3) is 0 Å². The van der Waals surface area contributed by atoms with Crippen molar-refractivity contribution in [1.82, 2.24) is 5.43 Å². The number of nitrogens with two attached hydrogens (primary N) is 1. The van der Waals surface area contributed by atoms with E-state index in [1.54, 1.807) is 0 Å². The van der Waals surface area contributed by atoms with E-state index in [1.165, 1.54) is 0 Å². The lowest BCUT2D eigenvalue weighted by molar-refractivity contribution is -0.234. The molecule has 1 fully saturated rings. The normalized spacial score (nSPS) is 23.2. The van der Waals surface area contributed by atoms with Crippen LogP contribution >= 0.6 is 35.4 Å². The van der Waals surface area contributed by atoms with Crippen LogP contribution in [0.3, 0.4) is 0 Å². The molecule has 11 heteroatoms. The molecule has 0 aromatic rings. The van der Waals surface area contributed by atoms with Crippen molar-refractivity contribution < 1.29 is 22.7 Å². The van der Waals surface area contributed by atoms with Crippen LogP contribution in [0, 0.1) is 5.92 Å². The summed E-state index contributed by atoms with van der Waals surface area (Å²) in [5.74, 6) is -1.74. The van der Waals surface area contributed by atoms with Crippen LogP contribution in [0.2, 0.25) is 0 Å². The molecule has 0 aromatic carbocycles. The van der Waals surface area contributed by atoms with Crippen molar-refractivity contribution in [2.45, 2.75) is 42.0 Å². The molecule has 0 bridgehead atoms. The van der Waals surface area contributed by atoms with Crippen LogP contribution in [0.5, 0.6) is 0 Å². The number of nitrogens with zero attached hydrogens (tertiary/aromatic N) is 1. The maximum atomic E-state index is 13.4. The molecule has 0 radical (unpaired) electrons. The Labute approximate surface area is 133 Å². The molecule has 0 saturated heterocycles. The molecule has 1 atom stereocenters. The molecule has 1 rings (SSSR count). The van der Waals surface area contributed by atoms with Gasteiger partial charge in [-0.1, -0.05) is 6.42 Å². The molecular weight excluding hydrogens is 357 g/mol. The Balaban J connectivity index is 3.27. The monoisotopic (exact) mass is 369 g/mol. The van der Waals surface area contributed by atoms with Crippen LogP contribution in [-0.4, -0.2) is 32.3 Å². The molecule has 0 heterocycles. The summed E-state index contributed by atoms with van der Waals surface area (Å²) in [6, 6.07) is 0. The predicted molar refractivity (Wildman–Crippen MR) is 75.9 cm³/mol. The molecule has 1 aliphatic rings. The third-order valence-electron chi connectivity index (χ3n) is 3.26. The number of hydrazone groups is 1. The van der Waals surface area contributed by atoms with Gasteiger partial charge in [-0.25, -0.2) is 0 Å². The summed E-state index contributed by atoms with van der Waals surface area (Å²) in [6.45, 7) is 0. The van der Waals surface area contributed by atoms with Gasteiger partial charge >= 0.3 is 10.8 Å². The molecule has 4 N–H and O–H groups in total. The maximum Gasteiger partial charge on any atom is 0.357 e. The minimum Gasteiger partial charge on any atom is -0.376 e. The van der Waals surface area contributed by atoms with Gasteiger partial charge in [0.15, 0.2) is 5.11 Å². The average molecular weight is 370 g/mol. The van der Waals surface area contributed by atoms with Crippen LogP contribution in [0.1, 0.15) is 25.7 Å². The zero-order valence-electron chi connectivity index (χ0n) is 10.6. The number of halogens is 6. The van der Waals surface area contributed by atoms with Crippen molar-refractivity contribution in [3.05, 3.63) is 0 Å². The Morgan fingerprint density at radius 2 is 1.81 bits per heavy atom. The van der Waals surface area contributed by atoms with Gasteiger partial charge in [0.2, 0.25) is 5.60 Å². The van der Waals surface area contributed by atoms with Crippen molar-refractivity contribution in [1.29, 1.82) is 0 Å². The minimum atomic E-state index is -4.66. The topological polar surface area (TPSA) is 70.6 Å². The second-order valence-corrected chi connectivity index (χ2v) is 6.03. The predicted octanol–water partition coefficient (Wildman–Crippen LogP) is 2.76. The van der Waals surface area contributed by atoms with Crippen molar-refractivity contribution in [2.75, 3.05) is 0 Å². The number of hydrogen-bond donors (Lipinski definition) is 3. The lowest BCUT2D eigenvalue weighted by atomic mass is 9.75. The van der Waals surface area contributed by atoms with E-state index in [9.17, 15) is 22.7 Å². The largest absolute Gasteiger partial charge is 0.376 e. The zero-order chi connectivity index (χ0) is 16.5. The smallest absolute Gasteiger partial charge is 0.357 e. The van der Waals surface area contributed by atoms with E-state index in [0.29, 0.717) is 12.8 Å². The first-order valence-corrected chi connectivity index (χ1v) is 7.05. The van der Waals surface area contributed by atoms with Crippen LogP contribution in [0.15, 0.2) is 5.10 Å². The third kappa shape index (κ3) is 3.88. The molecular formula is C10H13Cl2F4N3OS. The first kappa shape index (κ1) is 18.7. The highest BCUT2D eigenvalue weighted by Crippen LogP contribution is 2.52. The highest BCUT2D eigenvalue weighted by atomic mass is 35.5. The Morgan fingerprint density at radius 1 is 1.29 bits per heavy atom. The number of alkyl halides is 6. The van der Waals surface area contributed by atoms with Crippen molar-refractivity contribution in [2.24, 2.45) is 16.8 Å². The molecule has 4 nitrogen and oxygen atoms in total. The number of rotatable bonds is 4. The van der Waals surface area contributed by atoms with E-state index in [-0.39, 0.29) is 23.7 Å². The van der Waals surface area contributed by atoms with Crippen LogP contribution in [-0.2, 0) is 0 Å². The van der Waals surface area contributed by atoms with Gasteiger partial charge in [-0.05, 0) is 54.7 Å². The fourth-order valence-corrected chi connectivity index (χ4v) is 2.86. The van der Waals surface area contributed by atoms with Gasteiger partial charge in [0, 0.05) is 11.6 Å². The maximum absolute atomic E-state index is 13.4. The van der Waals surface area contributed by atoms with Crippen molar-refractivity contribution >= 4 is 46.2 Å². The Morgan fingerprint density at radius 3 is 2.24 bits per heavy atom. The van der Waals surface area contributed by atoms with Gasteiger partial charge in [0.1, 0.15) is 0 Å². The molecule has 122 valence electrons. The van der Waals surface area contributed by atoms with Crippen LogP contribution in [0.25, 0.3) is 0 Å². The van der Waals surface area contributed by atoms with Gasteiger partial charge in [0.05, 0.1) is 0 Å². The Kier molecular flexibility index (Phi) is 5.68. The lowest BCUT2D eigenvalue weighted by Crippen LogP contribution is -2.63. The highest BCUT2D eigenvalue weighted by Gasteiger charge is 2.71. The number of hydrogen-bond acceptors (Lipinski definition) is 3. The molecule has 1 saturated carbocycles. The lowest BCUT2D eigenvalue weighted by Gasteiger charge is -2.42. The van der Waals surface area contributed by atoms with Crippen molar-refractivity contribution in [3.8, 4) is 0 Å². The molecule has 0 amide bonds. The first-order valence-electron chi connectivity index (χ1n) is 5.89. The van der Waals surface area contributed by atoms with Crippen molar-refractivity contribution in [3.63, 3.8) is 0 Å². The third-order valence-corrected chi connectivity index (χ3v) is 3.92. The second kappa shape index (κ2) is 6.39. The van der Waals surface area contributed by atoms with E-state index in [1.807, 2.05) is 0 Å². The summed E-state index contributed by atoms with van der Waals surface area (Å²) in [6.07, 6.45) is 0.770. The molecule has 1 aliphatic carbocycles. The van der Waals surface area contributed by atoms with E-state index < -0.39 is 22.3 Å². The Hall–Kier alpha value is -0.380. The Bertz CT molecular complexity index is 425.